The van der Waals surface area contributed by atoms with Gasteiger partial charge in [-0.1, -0.05) is 17.7 Å². The van der Waals surface area contributed by atoms with Crippen molar-refractivity contribution in [2.24, 2.45) is 10.2 Å². The molecule has 0 saturated heterocycles. The standard InChI is InChI=1S/C17H10ClF2N5O4/c18-10-3-9(6-21)4-12(5-10)28-14-15(29-17(19)20)22-8-25(16(14)27)7-11-1-2-13(26)24-23-11/h1-5,8,11,17H,7H2. The van der Waals surface area contributed by atoms with Crippen LogP contribution in [-0.4, -0.2) is 28.1 Å². The number of halogens is 3. The van der Waals surface area contributed by atoms with Crippen LogP contribution < -0.4 is 15.0 Å². The highest BCUT2D eigenvalue weighted by molar-refractivity contribution is 6.30. The Morgan fingerprint density at radius 3 is 2.76 bits per heavy atom. The summed E-state index contributed by atoms with van der Waals surface area (Å²) in [5, 5.41) is 16.2. The Morgan fingerprint density at radius 2 is 2.10 bits per heavy atom. The van der Waals surface area contributed by atoms with Gasteiger partial charge in [0.2, 0.25) is 0 Å². The molecule has 0 saturated carbocycles. The molecular formula is C17H10ClF2N5O4. The lowest BCUT2D eigenvalue weighted by molar-refractivity contribution is -0.114. The molecule has 0 fully saturated rings. The number of nitriles is 1. The zero-order chi connectivity index (χ0) is 21.0. The molecule has 148 valence electrons. The molecule has 0 radical (unpaired) electrons. The Kier molecular flexibility index (Phi) is 5.94. The molecule has 2 aromatic rings. The minimum absolute atomic E-state index is 0.0485. The van der Waals surface area contributed by atoms with Crippen LogP contribution in [0.2, 0.25) is 5.02 Å². The quantitative estimate of drug-likeness (QED) is 0.707. The zero-order valence-corrected chi connectivity index (χ0v) is 15.1. The lowest BCUT2D eigenvalue weighted by atomic mass is 10.2. The predicted octanol–water partition coefficient (Wildman–Crippen LogP) is 3.08. The van der Waals surface area contributed by atoms with Crippen molar-refractivity contribution in [1.82, 2.24) is 9.55 Å². The third kappa shape index (κ3) is 4.99. The number of benzene rings is 1. The van der Waals surface area contributed by atoms with Gasteiger partial charge in [0.1, 0.15) is 18.1 Å². The number of amides is 1. The molecule has 2 heterocycles. The fraction of sp³-hybridized carbons (Fsp3) is 0.176. The Balaban J connectivity index is 1.98. The second-order valence-electron chi connectivity index (χ2n) is 5.58. The minimum Gasteiger partial charge on any atom is -0.446 e. The first-order valence-corrected chi connectivity index (χ1v) is 8.29. The van der Waals surface area contributed by atoms with Gasteiger partial charge in [-0.25, -0.2) is 4.98 Å². The molecule has 1 aromatic heterocycles. The van der Waals surface area contributed by atoms with Crippen molar-refractivity contribution in [2.75, 3.05) is 0 Å². The van der Waals surface area contributed by atoms with Gasteiger partial charge in [0.05, 0.1) is 18.2 Å². The van der Waals surface area contributed by atoms with Crippen LogP contribution in [0.4, 0.5) is 8.78 Å². The summed E-state index contributed by atoms with van der Waals surface area (Å²) in [6, 6.07) is 5.12. The van der Waals surface area contributed by atoms with E-state index in [1.54, 1.807) is 0 Å². The SMILES string of the molecule is N#Cc1cc(Cl)cc(Oc2c(OC(F)F)ncn(CC3C=CC(=O)N=N3)c2=O)c1. The second kappa shape index (κ2) is 8.57. The average molecular weight is 422 g/mol. The van der Waals surface area contributed by atoms with Gasteiger partial charge < -0.3 is 9.47 Å². The van der Waals surface area contributed by atoms with Crippen molar-refractivity contribution in [1.29, 1.82) is 5.26 Å². The molecule has 1 aliphatic heterocycles. The Labute approximate surface area is 166 Å². The third-order valence-electron chi connectivity index (χ3n) is 3.53. The summed E-state index contributed by atoms with van der Waals surface area (Å²) < 4.78 is 36.1. The largest absolute Gasteiger partial charge is 0.446 e. The molecular weight excluding hydrogens is 412 g/mol. The topological polar surface area (TPSA) is 119 Å². The molecule has 1 unspecified atom stereocenters. The number of rotatable bonds is 6. The van der Waals surface area contributed by atoms with Crippen molar-refractivity contribution < 1.29 is 23.0 Å². The number of carbonyl (C=O) groups is 1. The lowest BCUT2D eigenvalue weighted by Crippen LogP contribution is -2.27. The molecule has 1 aromatic carbocycles. The van der Waals surface area contributed by atoms with Gasteiger partial charge in [-0.15, -0.1) is 5.11 Å². The van der Waals surface area contributed by atoms with E-state index in [2.05, 4.69) is 19.9 Å². The van der Waals surface area contributed by atoms with Crippen LogP contribution in [0.1, 0.15) is 5.56 Å². The fourth-order valence-electron chi connectivity index (χ4n) is 2.34. The lowest BCUT2D eigenvalue weighted by Gasteiger charge is -2.15. The molecule has 0 aliphatic carbocycles. The van der Waals surface area contributed by atoms with E-state index >= 15 is 0 Å². The third-order valence-corrected chi connectivity index (χ3v) is 3.75. The molecule has 1 amide bonds. The Hall–Kier alpha value is -3.65. The molecule has 3 rings (SSSR count). The maximum Gasteiger partial charge on any atom is 0.388 e. The Morgan fingerprint density at radius 1 is 1.31 bits per heavy atom. The molecule has 1 atom stereocenters. The van der Waals surface area contributed by atoms with Crippen LogP contribution in [0.5, 0.6) is 17.4 Å². The van der Waals surface area contributed by atoms with E-state index in [0.29, 0.717) is 0 Å². The van der Waals surface area contributed by atoms with Crippen molar-refractivity contribution in [3.8, 4) is 23.4 Å². The van der Waals surface area contributed by atoms with Gasteiger partial charge in [0.25, 0.3) is 17.5 Å². The smallest absolute Gasteiger partial charge is 0.388 e. The molecule has 29 heavy (non-hydrogen) atoms. The number of carbonyl (C=O) groups excluding carboxylic acids is 1. The van der Waals surface area contributed by atoms with Crippen LogP contribution >= 0.6 is 11.6 Å². The predicted molar refractivity (Wildman–Crippen MR) is 94.2 cm³/mol. The summed E-state index contributed by atoms with van der Waals surface area (Å²) in [5.74, 6) is -1.96. The van der Waals surface area contributed by atoms with E-state index in [-0.39, 0.29) is 22.9 Å². The van der Waals surface area contributed by atoms with Crippen molar-refractivity contribution in [3.05, 3.63) is 57.6 Å². The van der Waals surface area contributed by atoms with Gasteiger partial charge in [-0.05, 0) is 18.2 Å². The fourth-order valence-corrected chi connectivity index (χ4v) is 2.57. The summed E-state index contributed by atoms with van der Waals surface area (Å²) in [4.78, 5) is 27.5. The average Bonchev–Trinajstić information content (AvgIpc) is 2.67. The minimum atomic E-state index is -3.25. The van der Waals surface area contributed by atoms with Gasteiger partial charge >= 0.3 is 12.2 Å². The summed E-state index contributed by atoms with van der Waals surface area (Å²) in [6.45, 7) is -3.33. The van der Waals surface area contributed by atoms with E-state index < -0.39 is 35.7 Å². The van der Waals surface area contributed by atoms with Crippen LogP contribution in [-0.2, 0) is 11.3 Å². The van der Waals surface area contributed by atoms with Crippen LogP contribution in [0.3, 0.4) is 0 Å². The van der Waals surface area contributed by atoms with E-state index in [1.165, 1.54) is 30.4 Å². The van der Waals surface area contributed by atoms with Crippen molar-refractivity contribution >= 4 is 17.5 Å². The normalized spacial score (nSPS) is 15.4. The molecule has 12 heteroatoms. The summed E-state index contributed by atoms with van der Waals surface area (Å²) in [6.07, 6.45) is 3.60. The van der Waals surface area contributed by atoms with E-state index in [0.717, 1.165) is 10.9 Å². The number of hydrogen-bond donors (Lipinski definition) is 0. The van der Waals surface area contributed by atoms with Crippen molar-refractivity contribution in [2.45, 2.75) is 19.2 Å². The van der Waals surface area contributed by atoms with Gasteiger partial charge in [-0.2, -0.15) is 19.2 Å². The maximum atomic E-state index is 12.8. The highest BCUT2D eigenvalue weighted by Gasteiger charge is 2.21. The monoisotopic (exact) mass is 421 g/mol. The first-order chi connectivity index (χ1) is 13.9. The summed E-state index contributed by atoms with van der Waals surface area (Å²) in [5.41, 5.74) is -0.722. The molecule has 0 bridgehead atoms. The summed E-state index contributed by atoms with van der Waals surface area (Å²) in [7, 11) is 0. The van der Waals surface area contributed by atoms with Gasteiger partial charge in [0, 0.05) is 11.1 Å². The van der Waals surface area contributed by atoms with Gasteiger partial charge in [0.15, 0.2) is 0 Å². The number of hydrogen-bond acceptors (Lipinski definition) is 7. The van der Waals surface area contributed by atoms with E-state index in [1.807, 2.05) is 6.07 Å². The molecule has 9 nitrogen and oxygen atoms in total. The number of azo groups is 1. The van der Waals surface area contributed by atoms with Crippen LogP contribution in [0.25, 0.3) is 0 Å². The van der Waals surface area contributed by atoms with E-state index in [9.17, 15) is 18.4 Å². The first-order valence-electron chi connectivity index (χ1n) is 7.91. The number of alkyl halides is 2. The molecule has 0 spiro atoms. The number of ether oxygens (including phenoxy) is 2. The van der Waals surface area contributed by atoms with Crippen LogP contribution in [0.15, 0.2) is 51.7 Å². The maximum absolute atomic E-state index is 12.8. The Bertz CT molecular complexity index is 1090. The highest BCUT2D eigenvalue weighted by Crippen LogP contribution is 2.29. The first kappa shape index (κ1) is 20.1. The van der Waals surface area contributed by atoms with Crippen molar-refractivity contribution in [3.63, 3.8) is 0 Å². The van der Waals surface area contributed by atoms with Gasteiger partial charge in [-0.3, -0.25) is 14.2 Å². The highest BCUT2D eigenvalue weighted by atomic mass is 35.5. The zero-order valence-electron chi connectivity index (χ0n) is 14.3. The molecule has 0 N–H and O–H groups in total. The number of aromatic nitrogens is 2. The number of nitrogens with zero attached hydrogens (tertiary/aromatic N) is 5. The second-order valence-corrected chi connectivity index (χ2v) is 6.02. The molecule has 1 aliphatic rings. The van der Waals surface area contributed by atoms with Crippen LogP contribution in [0, 0.1) is 11.3 Å². The summed E-state index contributed by atoms with van der Waals surface area (Å²) >= 11 is 5.89. The van der Waals surface area contributed by atoms with E-state index in [4.69, 9.17) is 21.6 Å².